The predicted octanol–water partition coefficient (Wildman–Crippen LogP) is 2.92. The lowest BCUT2D eigenvalue weighted by molar-refractivity contribution is -0.0213. The zero-order chi connectivity index (χ0) is 10.6. The van der Waals surface area contributed by atoms with Gasteiger partial charge in [0.1, 0.15) is 0 Å². The summed E-state index contributed by atoms with van der Waals surface area (Å²) in [4.78, 5) is 0. The normalized spacial score (nSPS) is 14.8. The summed E-state index contributed by atoms with van der Waals surface area (Å²) in [5.41, 5.74) is 2.79. The second-order valence-electron chi connectivity index (χ2n) is 3.62. The fourth-order valence-corrected chi connectivity index (χ4v) is 0. The third-order valence-electron chi connectivity index (χ3n) is 0.383. The molecule has 0 saturated carbocycles. The molecule has 0 aromatic heterocycles. The lowest BCUT2D eigenvalue weighted by Crippen LogP contribution is -2.26. The standard InChI is InChI=1S/C4H11N.C3H4ClF3/c1-4(2,3)5;1-3(6,7)2(4)5/h5H2,1-3H3;2H,1H3. The van der Waals surface area contributed by atoms with Crippen molar-refractivity contribution in [2.24, 2.45) is 5.73 Å². The number of hydrogen-bond acceptors (Lipinski definition) is 1. The van der Waals surface area contributed by atoms with E-state index in [1.165, 1.54) is 0 Å². The van der Waals surface area contributed by atoms with Crippen LogP contribution in [0.4, 0.5) is 13.2 Å². The molecule has 0 radical (unpaired) electrons. The first-order valence-electron chi connectivity index (χ1n) is 3.39. The topological polar surface area (TPSA) is 26.0 Å². The molecule has 1 nitrogen and oxygen atoms in total. The molecular weight excluding hydrogens is 191 g/mol. The number of rotatable bonds is 1. The maximum absolute atomic E-state index is 11.3. The highest BCUT2D eigenvalue weighted by molar-refractivity contribution is 6.20. The second kappa shape index (κ2) is 4.92. The third kappa shape index (κ3) is 22.5. The lowest BCUT2D eigenvalue weighted by Gasteiger charge is -2.06. The zero-order valence-corrected chi connectivity index (χ0v) is 8.42. The molecule has 0 spiro atoms. The summed E-state index contributed by atoms with van der Waals surface area (Å²) < 4.78 is 33.9. The van der Waals surface area contributed by atoms with Crippen molar-refractivity contribution < 1.29 is 13.2 Å². The zero-order valence-electron chi connectivity index (χ0n) is 7.67. The Bertz CT molecular complexity index is 109. The summed E-state index contributed by atoms with van der Waals surface area (Å²) in [5.74, 6) is -3.40. The Morgan fingerprint density at radius 1 is 1.17 bits per heavy atom. The van der Waals surface area contributed by atoms with Gasteiger partial charge in [0, 0.05) is 12.5 Å². The van der Waals surface area contributed by atoms with Crippen molar-refractivity contribution in [1.29, 1.82) is 0 Å². The molecule has 0 bridgehead atoms. The highest BCUT2D eigenvalue weighted by Gasteiger charge is 2.31. The van der Waals surface area contributed by atoms with Crippen LogP contribution in [0.5, 0.6) is 0 Å². The second-order valence-corrected chi connectivity index (χ2v) is 4.01. The van der Waals surface area contributed by atoms with Crippen LogP contribution in [0.2, 0.25) is 0 Å². The molecule has 1 unspecified atom stereocenters. The molecule has 1 atom stereocenters. The molecule has 0 aliphatic heterocycles. The van der Waals surface area contributed by atoms with E-state index in [2.05, 4.69) is 11.6 Å². The Balaban J connectivity index is 0. The maximum Gasteiger partial charge on any atom is 0.289 e. The van der Waals surface area contributed by atoms with Crippen LogP contribution < -0.4 is 5.73 Å². The van der Waals surface area contributed by atoms with E-state index >= 15 is 0 Å². The molecule has 2 N–H and O–H groups in total. The highest BCUT2D eigenvalue weighted by Crippen LogP contribution is 2.22. The van der Waals surface area contributed by atoms with Crippen LogP contribution in [-0.2, 0) is 0 Å². The van der Waals surface area contributed by atoms with Crippen molar-refractivity contribution >= 4 is 11.6 Å². The van der Waals surface area contributed by atoms with Crippen LogP contribution in [0, 0.1) is 0 Å². The number of halogens is 4. The van der Waals surface area contributed by atoms with Gasteiger partial charge in [-0.15, -0.1) is 0 Å². The average molecular weight is 206 g/mol. The quantitative estimate of drug-likeness (QED) is 0.655. The maximum atomic E-state index is 11.3. The van der Waals surface area contributed by atoms with Crippen molar-refractivity contribution in [3.8, 4) is 0 Å². The van der Waals surface area contributed by atoms with Gasteiger partial charge in [0.15, 0.2) is 0 Å². The van der Waals surface area contributed by atoms with Crippen LogP contribution in [0.3, 0.4) is 0 Å². The molecule has 0 heterocycles. The van der Waals surface area contributed by atoms with Crippen LogP contribution in [0.15, 0.2) is 0 Å². The van der Waals surface area contributed by atoms with Crippen molar-refractivity contribution in [1.82, 2.24) is 0 Å². The van der Waals surface area contributed by atoms with E-state index in [1.54, 1.807) is 0 Å². The molecule has 0 saturated heterocycles. The van der Waals surface area contributed by atoms with Gasteiger partial charge in [0.25, 0.3) is 5.92 Å². The van der Waals surface area contributed by atoms with Crippen LogP contribution in [0.1, 0.15) is 27.7 Å². The molecule has 12 heavy (non-hydrogen) atoms. The fourth-order valence-electron chi connectivity index (χ4n) is 0. The first-order valence-corrected chi connectivity index (χ1v) is 3.83. The largest absolute Gasteiger partial charge is 0.326 e. The van der Waals surface area contributed by atoms with E-state index < -0.39 is 11.6 Å². The predicted molar refractivity (Wildman–Crippen MR) is 45.3 cm³/mol. The average Bonchev–Trinajstić information content (AvgIpc) is 1.55. The monoisotopic (exact) mass is 205 g/mol. The van der Waals surface area contributed by atoms with Crippen LogP contribution >= 0.6 is 11.6 Å². The number of nitrogens with two attached hydrogens (primary N) is 1. The Labute approximate surface area is 76.1 Å². The van der Waals surface area contributed by atoms with Crippen LogP contribution in [-0.4, -0.2) is 17.1 Å². The van der Waals surface area contributed by atoms with Gasteiger partial charge < -0.3 is 5.73 Å². The SMILES string of the molecule is CC(C)(C)N.CC(F)(F)C(F)Cl. The van der Waals surface area contributed by atoms with Crippen molar-refractivity contribution in [2.75, 3.05) is 0 Å². The Morgan fingerprint density at radius 3 is 1.25 bits per heavy atom. The van der Waals surface area contributed by atoms with Gasteiger partial charge in [-0.25, -0.2) is 13.2 Å². The smallest absolute Gasteiger partial charge is 0.289 e. The van der Waals surface area contributed by atoms with Gasteiger partial charge in [-0.05, 0) is 20.8 Å². The number of hydrogen-bond donors (Lipinski definition) is 1. The molecule has 0 aliphatic carbocycles. The Morgan fingerprint density at radius 2 is 1.25 bits per heavy atom. The van der Waals surface area contributed by atoms with E-state index in [-0.39, 0.29) is 5.54 Å². The van der Waals surface area contributed by atoms with Gasteiger partial charge >= 0.3 is 0 Å². The molecule has 0 aromatic carbocycles. The minimum Gasteiger partial charge on any atom is -0.326 e. The van der Waals surface area contributed by atoms with Crippen LogP contribution in [0.25, 0.3) is 0 Å². The van der Waals surface area contributed by atoms with Gasteiger partial charge in [0.2, 0.25) is 5.63 Å². The molecule has 5 heteroatoms. The minimum atomic E-state index is -3.40. The van der Waals surface area contributed by atoms with E-state index in [0.717, 1.165) is 0 Å². The summed E-state index contributed by atoms with van der Waals surface area (Å²) in [7, 11) is 0. The minimum absolute atomic E-state index is 0. The molecule has 0 aromatic rings. The Kier molecular flexibility index (Phi) is 5.97. The van der Waals surface area contributed by atoms with E-state index in [9.17, 15) is 13.2 Å². The first-order chi connectivity index (χ1) is 4.94. The molecule has 0 aliphatic rings. The van der Waals surface area contributed by atoms with E-state index in [4.69, 9.17) is 5.73 Å². The number of alkyl halides is 4. The molecule has 76 valence electrons. The molecule has 0 amide bonds. The lowest BCUT2D eigenvalue weighted by atomic mass is 10.1. The molecular formula is C7H15ClF3N. The third-order valence-corrected chi connectivity index (χ3v) is 0.766. The van der Waals surface area contributed by atoms with E-state index in [0.29, 0.717) is 6.92 Å². The van der Waals surface area contributed by atoms with Crippen molar-refractivity contribution in [3.63, 3.8) is 0 Å². The Hall–Kier alpha value is 0.0400. The van der Waals surface area contributed by atoms with Gasteiger partial charge in [-0.2, -0.15) is 0 Å². The van der Waals surface area contributed by atoms with Crippen molar-refractivity contribution in [3.05, 3.63) is 0 Å². The van der Waals surface area contributed by atoms with Crippen molar-refractivity contribution in [2.45, 2.75) is 44.8 Å². The first kappa shape index (κ1) is 14.6. The highest BCUT2D eigenvalue weighted by atomic mass is 35.5. The summed E-state index contributed by atoms with van der Waals surface area (Å²) >= 11 is 4.34. The summed E-state index contributed by atoms with van der Waals surface area (Å²) in [5, 5.41) is 0. The molecule has 0 fully saturated rings. The van der Waals surface area contributed by atoms with Gasteiger partial charge in [-0.1, -0.05) is 11.6 Å². The summed E-state index contributed by atoms with van der Waals surface area (Å²) in [6, 6.07) is 0. The summed E-state index contributed by atoms with van der Waals surface area (Å²) in [6.07, 6.45) is 0. The van der Waals surface area contributed by atoms with E-state index in [1.807, 2.05) is 20.8 Å². The van der Waals surface area contributed by atoms with Gasteiger partial charge in [0.05, 0.1) is 0 Å². The molecule has 0 rings (SSSR count). The summed E-state index contributed by atoms with van der Waals surface area (Å²) in [6.45, 7) is 6.32. The van der Waals surface area contributed by atoms with Gasteiger partial charge in [-0.3, -0.25) is 0 Å². The fraction of sp³-hybridized carbons (Fsp3) is 1.00.